The lowest BCUT2D eigenvalue weighted by molar-refractivity contribution is -0.117. The largest absolute Gasteiger partial charge is 0.324 e. The second-order valence-corrected chi connectivity index (χ2v) is 7.37. The molecule has 0 spiro atoms. The number of carbonyl (C=O) groups excluding carboxylic acids is 2. The van der Waals surface area contributed by atoms with Crippen molar-refractivity contribution in [3.8, 4) is 0 Å². The standard InChI is InChI=1S/C21H22ClN5O2/c1-12-5-8-18(17(22)9-12)24-21(29)20-15(4)27(26-25-20)11-19(28)23-16-7-6-13(2)14(3)10-16/h5-10H,11H2,1-4H3,(H,23,28)(H,24,29). The molecule has 8 heteroatoms. The Morgan fingerprint density at radius 1 is 1.00 bits per heavy atom. The van der Waals surface area contributed by atoms with Gasteiger partial charge in [-0.1, -0.05) is 28.9 Å². The molecule has 2 amide bonds. The Balaban J connectivity index is 1.68. The van der Waals surface area contributed by atoms with Crippen LogP contribution in [0.25, 0.3) is 0 Å². The summed E-state index contributed by atoms with van der Waals surface area (Å²) in [6, 6.07) is 11.0. The smallest absolute Gasteiger partial charge is 0.278 e. The summed E-state index contributed by atoms with van der Waals surface area (Å²) in [7, 11) is 0. The summed E-state index contributed by atoms with van der Waals surface area (Å²) in [6.07, 6.45) is 0. The van der Waals surface area contributed by atoms with Gasteiger partial charge in [0.2, 0.25) is 5.91 Å². The van der Waals surface area contributed by atoms with Crippen LogP contribution >= 0.6 is 11.6 Å². The van der Waals surface area contributed by atoms with E-state index in [-0.39, 0.29) is 18.1 Å². The number of carbonyl (C=O) groups is 2. The van der Waals surface area contributed by atoms with E-state index >= 15 is 0 Å². The van der Waals surface area contributed by atoms with Gasteiger partial charge in [0.05, 0.1) is 16.4 Å². The summed E-state index contributed by atoms with van der Waals surface area (Å²) in [5.74, 6) is -0.691. The summed E-state index contributed by atoms with van der Waals surface area (Å²) in [5, 5.41) is 13.9. The zero-order valence-corrected chi connectivity index (χ0v) is 17.5. The molecular weight excluding hydrogens is 390 g/mol. The molecule has 3 aromatic rings. The molecule has 0 atom stereocenters. The van der Waals surface area contributed by atoms with Gasteiger partial charge in [0.15, 0.2) is 5.69 Å². The molecule has 0 saturated carbocycles. The SMILES string of the molecule is Cc1ccc(NC(=O)c2nnn(CC(=O)Nc3ccc(C)c(C)c3)c2C)c(Cl)c1. The maximum Gasteiger partial charge on any atom is 0.278 e. The van der Waals surface area contributed by atoms with Gasteiger partial charge in [-0.15, -0.1) is 5.10 Å². The van der Waals surface area contributed by atoms with Crippen LogP contribution in [0.5, 0.6) is 0 Å². The Hall–Kier alpha value is -3.19. The first-order chi connectivity index (χ1) is 13.7. The molecule has 0 saturated heterocycles. The molecule has 0 aliphatic heterocycles. The van der Waals surface area contributed by atoms with Crippen molar-refractivity contribution in [2.24, 2.45) is 0 Å². The Morgan fingerprint density at radius 3 is 2.45 bits per heavy atom. The highest BCUT2D eigenvalue weighted by atomic mass is 35.5. The van der Waals surface area contributed by atoms with Gasteiger partial charge in [-0.05, 0) is 68.7 Å². The summed E-state index contributed by atoms with van der Waals surface area (Å²) in [6.45, 7) is 7.54. The van der Waals surface area contributed by atoms with Crippen molar-refractivity contribution in [1.29, 1.82) is 0 Å². The van der Waals surface area contributed by atoms with Crippen LogP contribution in [0.2, 0.25) is 5.02 Å². The highest BCUT2D eigenvalue weighted by Gasteiger charge is 2.19. The first-order valence-corrected chi connectivity index (χ1v) is 9.47. The fourth-order valence-electron chi connectivity index (χ4n) is 2.78. The van der Waals surface area contributed by atoms with Gasteiger partial charge < -0.3 is 10.6 Å². The Labute approximate surface area is 174 Å². The normalized spacial score (nSPS) is 10.7. The minimum absolute atomic E-state index is 0.0513. The number of hydrogen-bond donors (Lipinski definition) is 2. The molecule has 0 fully saturated rings. The minimum atomic E-state index is -0.436. The molecule has 1 aromatic heterocycles. The molecule has 3 rings (SSSR count). The number of halogens is 1. The monoisotopic (exact) mass is 411 g/mol. The zero-order valence-electron chi connectivity index (χ0n) is 16.7. The Morgan fingerprint density at radius 2 is 1.76 bits per heavy atom. The summed E-state index contributed by atoms with van der Waals surface area (Å²) < 4.78 is 1.39. The lowest BCUT2D eigenvalue weighted by Gasteiger charge is -2.09. The van der Waals surface area contributed by atoms with Crippen molar-refractivity contribution in [1.82, 2.24) is 15.0 Å². The van der Waals surface area contributed by atoms with Crippen molar-refractivity contribution in [3.05, 3.63) is 69.5 Å². The number of nitrogens with one attached hydrogen (secondary N) is 2. The zero-order chi connectivity index (χ0) is 21.1. The van der Waals surface area contributed by atoms with Gasteiger partial charge in [-0.25, -0.2) is 4.68 Å². The Kier molecular flexibility index (Phi) is 5.98. The van der Waals surface area contributed by atoms with Gasteiger partial charge in [-0.2, -0.15) is 0 Å². The molecule has 2 N–H and O–H groups in total. The van der Waals surface area contributed by atoms with E-state index < -0.39 is 5.91 Å². The molecule has 0 bridgehead atoms. The van der Waals surface area contributed by atoms with E-state index in [1.165, 1.54) is 4.68 Å². The van der Waals surface area contributed by atoms with E-state index in [1.54, 1.807) is 19.1 Å². The van der Waals surface area contributed by atoms with Gasteiger partial charge in [0.25, 0.3) is 5.91 Å². The van der Waals surface area contributed by atoms with E-state index in [1.807, 2.05) is 45.0 Å². The highest BCUT2D eigenvalue weighted by Crippen LogP contribution is 2.23. The van der Waals surface area contributed by atoms with Gasteiger partial charge >= 0.3 is 0 Å². The van der Waals surface area contributed by atoms with E-state index in [0.29, 0.717) is 22.1 Å². The highest BCUT2D eigenvalue weighted by molar-refractivity contribution is 6.34. The van der Waals surface area contributed by atoms with Gasteiger partial charge in [0, 0.05) is 5.69 Å². The molecular formula is C21H22ClN5O2. The van der Waals surface area contributed by atoms with Crippen LogP contribution in [-0.4, -0.2) is 26.8 Å². The van der Waals surface area contributed by atoms with Crippen LogP contribution in [-0.2, 0) is 11.3 Å². The molecule has 2 aromatic carbocycles. The predicted molar refractivity (Wildman–Crippen MR) is 113 cm³/mol. The third-order valence-electron chi connectivity index (χ3n) is 4.65. The number of aryl methyl sites for hydroxylation is 3. The average Bonchev–Trinajstić information content (AvgIpc) is 3.01. The van der Waals surface area contributed by atoms with Crippen molar-refractivity contribution < 1.29 is 9.59 Å². The fraction of sp³-hybridized carbons (Fsp3) is 0.238. The molecule has 0 aliphatic rings. The number of nitrogens with zero attached hydrogens (tertiary/aromatic N) is 3. The van der Waals surface area contributed by atoms with E-state index in [4.69, 9.17) is 11.6 Å². The quantitative estimate of drug-likeness (QED) is 0.662. The van der Waals surface area contributed by atoms with Crippen molar-refractivity contribution >= 4 is 34.8 Å². The number of rotatable bonds is 5. The van der Waals surface area contributed by atoms with Gasteiger partial charge in [-0.3, -0.25) is 9.59 Å². The van der Waals surface area contributed by atoms with Crippen LogP contribution in [0.3, 0.4) is 0 Å². The van der Waals surface area contributed by atoms with Crippen LogP contribution in [0.15, 0.2) is 36.4 Å². The number of amides is 2. The van der Waals surface area contributed by atoms with Crippen LogP contribution in [0, 0.1) is 27.7 Å². The molecule has 0 radical (unpaired) electrons. The second kappa shape index (κ2) is 8.45. The average molecular weight is 412 g/mol. The summed E-state index contributed by atoms with van der Waals surface area (Å²) in [5.41, 5.74) is 5.06. The summed E-state index contributed by atoms with van der Waals surface area (Å²) >= 11 is 6.16. The predicted octanol–water partition coefficient (Wildman–Crippen LogP) is 4.06. The minimum Gasteiger partial charge on any atom is -0.324 e. The van der Waals surface area contributed by atoms with Gasteiger partial charge in [0.1, 0.15) is 6.54 Å². The lowest BCUT2D eigenvalue weighted by Crippen LogP contribution is -2.21. The second-order valence-electron chi connectivity index (χ2n) is 6.97. The third kappa shape index (κ3) is 4.81. The maximum absolute atomic E-state index is 12.5. The van der Waals surface area contributed by atoms with Crippen molar-refractivity contribution in [2.75, 3.05) is 10.6 Å². The number of aromatic nitrogens is 3. The number of anilines is 2. The Bertz CT molecular complexity index is 1090. The lowest BCUT2D eigenvalue weighted by atomic mass is 10.1. The van der Waals surface area contributed by atoms with Crippen LogP contribution < -0.4 is 10.6 Å². The molecule has 0 aliphatic carbocycles. The molecule has 150 valence electrons. The maximum atomic E-state index is 12.5. The van der Waals surface area contributed by atoms with E-state index in [2.05, 4.69) is 20.9 Å². The van der Waals surface area contributed by atoms with E-state index in [0.717, 1.165) is 16.7 Å². The van der Waals surface area contributed by atoms with Crippen molar-refractivity contribution in [2.45, 2.75) is 34.2 Å². The summed E-state index contributed by atoms with van der Waals surface area (Å²) in [4.78, 5) is 24.9. The number of benzene rings is 2. The fourth-order valence-corrected chi connectivity index (χ4v) is 3.06. The van der Waals surface area contributed by atoms with Crippen LogP contribution in [0.4, 0.5) is 11.4 Å². The van der Waals surface area contributed by atoms with Crippen molar-refractivity contribution in [3.63, 3.8) is 0 Å². The molecule has 29 heavy (non-hydrogen) atoms. The molecule has 0 unspecified atom stereocenters. The first kappa shape index (κ1) is 20.5. The van der Waals surface area contributed by atoms with E-state index in [9.17, 15) is 9.59 Å². The first-order valence-electron chi connectivity index (χ1n) is 9.09. The number of hydrogen-bond acceptors (Lipinski definition) is 4. The molecule has 7 nitrogen and oxygen atoms in total. The van der Waals surface area contributed by atoms with Crippen LogP contribution in [0.1, 0.15) is 32.9 Å². The molecule has 1 heterocycles. The third-order valence-corrected chi connectivity index (χ3v) is 4.97. The topological polar surface area (TPSA) is 88.9 Å².